The van der Waals surface area contributed by atoms with E-state index in [0.29, 0.717) is 34.3 Å². The van der Waals surface area contributed by atoms with Crippen molar-refractivity contribution in [1.82, 2.24) is 9.66 Å². The molecule has 3 aromatic rings. The Kier molecular flexibility index (Phi) is 4.34. The number of nitrogens with one attached hydrogen (secondary N) is 1. The summed E-state index contributed by atoms with van der Waals surface area (Å²) in [6, 6.07) is 8.20. The standard InChI is InChI=1S/C17H15N3O5/c1-3-24-17(23)19-20-10(2)18-14-6-4-11(8-13(14)16(20)22)15-7-5-12(9-21)25-15/h4-9H,3H2,1-2H3,(H,19,23). The van der Waals surface area contributed by atoms with Gasteiger partial charge in [0.2, 0.25) is 0 Å². The molecule has 0 atom stereocenters. The van der Waals surface area contributed by atoms with Gasteiger partial charge in [0.1, 0.15) is 11.6 Å². The van der Waals surface area contributed by atoms with Crippen LogP contribution in [0.15, 0.2) is 39.5 Å². The third-order valence-corrected chi connectivity index (χ3v) is 3.54. The first-order chi connectivity index (χ1) is 12.0. The highest BCUT2D eigenvalue weighted by Crippen LogP contribution is 2.24. The van der Waals surface area contributed by atoms with E-state index in [2.05, 4.69) is 10.4 Å². The molecule has 0 radical (unpaired) electrons. The van der Waals surface area contributed by atoms with E-state index in [1.165, 1.54) is 0 Å². The van der Waals surface area contributed by atoms with E-state index in [1.807, 2.05) is 0 Å². The molecule has 25 heavy (non-hydrogen) atoms. The van der Waals surface area contributed by atoms with E-state index in [-0.39, 0.29) is 12.4 Å². The number of carbonyl (C=O) groups is 2. The first-order valence-electron chi connectivity index (χ1n) is 7.56. The van der Waals surface area contributed by atoms with Crippen molar-refractivity contribution in [2.75, 3.05) is 12.0 Å². The van der Waals surface area contributed by atoms with Crippen LogP contribution in [-0.4, -0.2) is 28.6 Å². The zero-order valence-electron chi connectivity index (χ0n) is 13.6. The summed E-state index contributed by atoms with van der Waals surface area (Å²) in [5.41, 5.74) is 3.01. The molecule has 0 aliphatic rings. The van der Waals surface area contributed by atoms with Gasteiger partial charge in [0.25, 0.3) is 5.56 Å². The fourth-order valence-corrected chi connectivity index (χ4v) is 2.41. The fourth-order valence-electron chi connectivity index (χ4n) is 2.41. The Morgan fingerprint density at radius 2 is 2.16 bits per heavy atom. The van der Waals surface area contributed by atoms with Gasteiger partial charge < -0.3 is 9.15 Å². The lowest BCUT2D eigenvalue weighted by molar-refractivity contribution is 0.110. The van der Waals surface area contributed by atoms with Crippen LogP contribution in [0.5, 0.6) is 0 Å². The van der Waals surface area contributed by atoms with Gasteiger partial charge in [0.05, 0.1) is 17.5 Å². The summed E-state index contributed by atoms with van der Waals surface area (Å²) in [7, 11) is 0. The van der Waals surface area contributed by atoms with Crippen molar-refractivity contribution in [1.29, 1.82) is 0 Å². The van der Waals surface area contributed by atoms with Crippen LogP contribution in [-0.2, 0) is 4.74 Å². The minimum Gasteiger partial charge on any atom is -0.453 e. The largest absolute Gasteiger partial charge is 0.453 e. The van der Waals surface area contributed by atoms with Gasteiger partial charge in [0.15, 0.2) is 12.0 Å². The van der Waals surface area contributed by atoms with Gasteiger partial charge in [-0.2, -0.15) is 4.68 Å². The summed E-state index contributed by atoms with van der Waals surface area (Å²) < 4.78 is 11.2. The number of hydrogen-bond donors (Lipinski definition) is 1. The fraction of sp³-hybridized carbons (Fsp3) is 0.176. The lowest BCUT2D eigenvalue weighted by Gasteiger charge is -2.12. The highest BCUT2D eigenvalue weighted by molar-refractivity contribution is 5.84. The monoisotopic (exact) mass is 341 g/mol. The van der Waals surface area contributed by atoms with Crippen LogP contribution in [0.3, 0.4) is 0 Å². The third kappa shape index (κ3) is 3.14. The van der Waals surface area contributed by atoms with Gasteiger partial charge in [-0.3, -0.25) is 9.59 Å². The van der Waals surface area contributed by atoms with Crippen molar-refractivity contribution in [3.63, 3.8) is 0 Å². The minimum atomic E-state index is -0.744. The molecule has 8 heteroatoms. The molecule has 0 aliphatic heterocycles. The number of hydrogen-bond acceptors (Lipinski definition) is 6. The molecule has 0 aliphatic carbocycles. The molecule has 128 valence electrons. The maximum Gasteiger partial charge on any atom is 0.426 e. The van der Waals surface area contributed by atoms with Crippen LogP contribution in [0.1, 0.15) is 23.3 Å². The second-order valence-electron chi connectivity index (χ2n) is 5.18. The van der Waals surface area contributed by atoms with Crippen LogP contribution in [0, 0.1) is 6.92 Å². The molecule has 2 aromatic heterocycles. The van der Waals surface area contributed by atoms with Gasteiger partial charge in [-0.25, -0.2) is 15.2 Å². The zero-order valence-corrected chi connectivity index (χ0v) is 13.6. The number of ether oxygens (including phenoxy) is 1. The molecule has 2 heterocycles. The Labute approximate surface area is 142 Å². The van der Waals surface area contributed by atoms with Crippen LogP contribution in [0.25, 0.3) is 22.2 Å². The van der Waals surface area contributed by atoms with E-state index >= 15 is 0 Å². The Morgan fingerprint density at radius 3 is 2.84 bits per heavy atom. The molecule has 0 saturated heterocycles. The van der Waals surface area contributed by atoms with Crippen molar-refractivity contribution in [2.45, 2.75) is 13.8 Å². The Balaban J connectivity index is 2.10. The van der Waals surface area contributed by atoms with Crippen LogP contribution in [0.4, 0.5) is 4.79 Å². The highest BCUT2D eigenvalue weighted by Gasteiger charge is 2.13. The molecule has 0 bridgehead atoms. The van der Waals surface area contributed by atoms with Gasteiger partial charge in [-0.1, -0.05) is 0 Å². The number of nitrogens with zero attached hydrogens (tertiary/aromatic N) is 2. The lowest BCUT2D eigenvalue weighted by atomic mass is 10.1. The van der Waals surface area contributed by atoms with Crippen LogP contribution >= 0.6 is 0 Å². The maximum atomic E-state index is 12.7. The number of fused-ring (bicyclic) bond motifs is 1. The second kappa shape index (κ2) is 6.60. The zero-order chi connectivity index (χ0) is 18.0. The molecule has 0 unspecified atom stereocenters. The first-order valence-corrected chi connectivity index (χ1v) is 7.56. The minimum absolute atomic E-state index is 0.183. The molecule has 0 fully saturated rings. The van der Waals surface area contributed by atoms with Gasteiger partial charge in [-0.05, 0) is 44.2 Å². The molecule has 0 spiro atoms. The average Bonchev–Trinajstić information content (AvgIpc) is 3.08. The summed E-state index contributed by atoms with van der Waals surface area (Å²) in [5.74, 6) is 0.965. The van der Waals surface area contributed by atoms with E-state index in [4.69, 9.17) is 9.15 Å². The number of carbonyl (C=O) groups excluding carboxylic acids is 2. The van der Waals surface area contributed by atoms with Crippen molar-refractivity contribution in [2.24, 2.45) is 0 Å². The lowest BCUT2D eigenvalue weighted by Crippen LogP contribution is -2.35. The van der Waals surface area contributed by atoms with Crippen molar-refractivity contribution < 1.29 is 18.7 Å². The predicted molar refractivity (Wildman–Crippen MR) is 90.2 cm³/mol. The summed E-state index contributed by atoms with van der Waals surface area (Å²) in [6.07, 6.45) is -0.141. The molecular weight excluding hydrogens is 326 g/mol. The van der Waals surface area contributed by atoms with E-state index < -0.39 is 11.7 Å². The number of benzene rings is 1. The number of amides is 1. The molecule has 0 saturated carbocycles. The summed E-state index contributed by atoms with van der Waals surface area (Å²) >= 11 is 0. The molecule has 1 N–H and O–H groups in total. The number of aldehydes is 1. The normalized spacial score (nSPS) is 10.6. The number of aromatic nitrogens is 2. The number of rotatable bonds is 4. The first kappa shape index (κ1) is 16.4. The summed E-state index contributed by atoms with van der Waals surface area (Å²) in [4.78, 5) is 39.4. The van der Waals surface area contributed by atoms with Crippen molar-refractivity contribution in [3.8, 4) is 11.3 Å². The van der Waals surface area contributed by atoms with E-state index in [9.17, 15) is 14.4 Å². The third-order valence-electron chi connectivity index (χ3n) is 3.54. The molecule has 8 nitrogen and oxygen atoms in total. The SMILES string of the molecule is CCOC(=O)Nn1c(C)nc2ccc(-c3ccc(C=O)o3)cc2c1=O. The topological polar surface area (TPSA) is 103 Å². The predicted octanol–water partition coefficient (Wildman–Crippen LogP) is 2.48. The summed E-state index contributed by atoms with van der Waals surface area (Å²) in [6.45, 7) is 3.45. The van der Waals surface area contributed by atoms with Crippen LogP contribution in [0.2, 0.25) is 0 Å². The highest BCUT2D eigenvalue weighted by atomic mass is 16.6. The summed E-state index contributed by atoms with van der Waals surface area (Å²) in [5, 5.41) is 0.295. The molecule has 1 aromatic carbocycles. The average molecular weight is 341 g/mol. The van der Waals surface area contributed by atoms with E-state index in [0.717, 1.165) is 4.68 Å². The Morgan fingerprint density at radius 1 is 1.36 bits per heavy atom. The van der Waals surface area contributed by atoms with Crippen molar-refractivity contribution in [3.05, 3.63) is 52.3 Å². The number of aryl methyl sites for hydroxylation is 1. The Hall–Kier alpha value is -3.42. The van der Waals surface area contributed by atoms with Gasteiger partial charge in [-0.15, -0.1) is 0 Å². The van der Waals surface area contributed by atoms with Gasteiger partial charge >= 0.3 is 6.09 Å². The molecule has 3 rings (SSSR count). The van der Waals surface area contributed by atoms with Crippen LogP contribution < -0.4 is 11.0 Å². The Bertz CT molecular complexity index is 1020. The smallest absolute Gasteiger partial charge is 0.426 e. The maximum absolute atomic E-state index is 12.7. The van der Waals surface area contributed by atoms with Crippen molar-refractivity contribution >= 4 is 23.3 Å². The molecule has 1 amide bonds. The van der Waals surface area contributed by atoms with Gasteiger partial charge in [0, 0.05) is 5.56 Å². The number of furan rings is 1. The quantitative estimate of drug-likeness (QED) is 0.731. The second-order valence-corrected chi connectivity index (χ2v) is 5.18. The molecular formula is C17H15N3O5. The van der Waals surface area contributed by atoms with E-state index in [1.54, 1.807) is 44.2 Å².